The molecule has 1 aromatic carbocycles. The molecule has 2 aromatic rings. The smallest absolute Gasteiger partial charge is 0.335 e. The number of fused-ring (bicyclic) bond motifs is 1. The number of hydrogen-bond acceptors (Lipinski definition) is 5. The average molecular weight is 391 g/mol. The summed E-state index contributed by atoms with van der Waals surface area (Å²) in [5.41, 5.74) is 2.57. The monoisotopic (exact) mass is 391 g/mol. The van der Waals surface area contributed by atoms with E-state index in [9.17, 15) is 9.59 Å². The van der Waals surface area contributed by atoms with Crippen LogP contribution < -0.4 is 0 Å². The molecule has 1 unspecified atom stereocenters. The SMILES string of the molecule is CCCCN1C(=O)C2C=CC=CC2=[N+](Cc2nc(-c3ccccc3C)no2)C1=O. The Balaban J connectivity index is 1.67. The molecule has 4 rings (SSSR count). The van der Waals surface area contributed by atoms with Gasteiger partial charge in [-0.05, 0) is 25.0 Å². The lowest BCUT2D eigenvalue weighted by atomic mass is 9.94. The Morgan fingerprint density at radius 2 is 2.03 bits per heavy atom. The molecule has 1 aromatic heterocycles. The molecule has 2 heterocycles. The first-order valence-electron chi connectivity index (χ1n) is 9.83. The van der Waals surface area contributed by atoms with Gasteiger partial charge in [0.1, 0.15) is 11.6 Å². The van der Waals surface area contributed by atoms with Gasteiger partial charge in [-0.2, -0.15) is 19.3 Å². The molecular formula is C22H23N4O3+. The molecule has 1 aliphatic carbocycles. The summed E-state index contributed by atoms with van der Waals surface area (Å²) in [6.45, 7) is 4.54. The van der Waals surface area contributed by atoms with Gasteiger partial charge >= 0.3 is 11.9 Å². The third kappa shape index (κ3) is 3.55. The zero-order valence-electron chi connectivity index (χ0n) is 16.5. The fourth-order valence-electron chi connectivity index (χ4n) is 3.59. The maximum Gasteiger partial charge on any atom is 0.501 e. The van der Waals surface area contributed by atoms with Crippen molar-refractivity contribution in [1.29, 1.82) is 0 Å². The van der Waals surface area contributed by atoms with Crippen LogP contribution in [-0.4, -0.2) is 43.8 Å². The molecule has 1 atom stereocenters. The van der Waals surface area contributed by atoms with Crippen LogP contribution in [0.25, 0.3) is 11.4 Å². The van der Waals surface area contributed by atoms with Gasteiger partial charge in [-0.3, -0.25) is 0 Å². The van der Waals surface area contributed by atoms with Gasteiger partial charge in [0.05, 0.1) is 6.54 Å². The lowest BCUT2D eigenvalue weighted by molar-refractivity contribution is -0.460. The van der Waals surface area contributed by atoms with E-state index in [0.717, 1.165) is 24.0 Å². The number of amides is 3. The lowest BCUT2D eigenvalue weighted by Gasteiger charge is -2.26. The van der Waals surface area contributed by atoms with Crippen molar-refractivity contribution in [3.63, 3.8) is 0 Å². The summed E-state index contributed by atoms with van der Waals surface area (Å²) < 4.78 is 7.00. The Morgan fingerprint density at radius 1 is 1.21 bits per heavy atom. The molecule has 1 aliphatic heterocycles. The Morgan fingerprint density at radius 3 is 2.83 bits per heavy atom. The van der Waals surface area contributed by atoms with Crippen LogP contribution >= 0.6 is 0 Å². The van der Waals surface area contributed by atoms with Crippen LogP contribution in [0.5, 0.6) is 0 Å². The number of imide groups is 1. The van der Waals surface area contributed by atoms with Gasteiger partial charge in [0.2, 0.25) is 5.82 Å². The van der Waals surface area contributed by atoms with E-state index < -0.39 is 5.92 Å². The van der Waals surface area contributed by atoms with Gasteiger partial charge in [-0.1, -0.05) is 61.0 Å². The summed E-state index contributed by atoms with van der Waals surface area (Å²) in [7, 11) is 0. The maximum absolute atomic E-state index is 13.1. The van der Waals surface area contributed by atoms with Crippen LogP contribution in [0, 0.1) is 12.8 Å². The summed E-state index contributed by atoms with van der Waals surface area (Å²) in [5.74, 6) is 0.174. The highest BCUT2D eigenvalue weighted by molar-refractivity contribution is 6.16. The van der Waals surface area contributed by atoms with Crippen molar-refractivity contribution < 1.29 is 18.7 Å². The molecular weight excluding hydrogens is 368 g/mol. The van der Waals surface area contributed by atoms with Crippen molar-refractivity contribution in [2.45, 2.75) is 33.2 Å². The van der Waals surface area contributed by atoms with Gasteiger partial charge in [0, 0.05) is 5.56 Å². The molecule has 0 bridgehead atoms. The number of aryl methyl sites for hydroxylation is 1. The van der Waals surface area contributed by atoms with Gasteiger partial charge in [0.15, 0.2) is 6.54 Å². The summed E-state index contributed by atoms with van der Waals surface area (Å²) in [6, 6.07) is 7.44. The highest BCUT2D eigenvalue weighted by Gasteiger charge is 2.46. The topological polar surface area (TPSA) is 79.3 Å². The number of carbonyl (C=O) groups excluding carboxylic acids is 2. The first-order chi connectivity index (χ1) is 14.1. The first kappa shape index (κ1) is 19.0. The number of nitrogens with zero attached hydrogens (tertiary/aromatic N) is 4. The van der Waals surface area contributed by atoms with E-state index in [0.29, 0.717) is 24.0 Å². The number of rotatable bonds is 6. The van der Waals surface area contributed by atoms with E-state index in [4.69, 9.17) is 4.52 Å². The lowest BCUT2D eigenvalue weighted by Crippen LogP contribution is -2.54. The Kier molecular flexibility index (Phi) is 5.20. The van der Waals surface area contributed by atoms with Crippen LogP contribution in [0.4, 0.5) is 4.79 Å². The molecule has 7 heteroatoms. The van der Waals surface area contributed by atoms with Crippen molar-refractivity contribution in [3.05, 3.63) is 60.0 Å². The van der Waals surface area contributed by atoms with Crippen LogP contribution in [0.15, 0.2) is 53.1 Å². The second-order valence-corrected chi connectivity index (χ2v) is 7.19. The van der Waals surface area contributed by atoms with Crippen molar-refractivity contribution in [2.24, 2.45) is 5.92 Å². The number of urea groups is 1. The minimum absolute atomic E-state index is 0.123. The van der Waals surface area contributed by atoms with Crippen LogP contribution in [-0.2, 0) is 11.3 Å². The molecule has 0 saturated heterocycles. The van der Waals surface area contributed by atoms with Gasteiger partial charge in [0.25, 0.3) is 5.89 Å². The predicted molar refractivity (Wildman–Crippen MR) is 107 cm³/mol. The minimum Gasteiger partial charge on any atom is -0.335 e. The van der Waals surface area contributed by atoms with Crippen molar-refractivity contribution >= 4 is 17.6 Å². The highest BCUT2D eigenvalue weighted by atomic mass is 16.5. The number of unbranched alkanes of at least 4 members (excludes halogenated alkanes) is 1. The standard InChI is InChI=1S/C22H23N4O3/c1-3-4-13-25-21(27)17-11-7-8-12-18(17)26(22(25)28)14-19-23-20(24-29-19)16-10-6-5-9-15(16)2/h5-12,17H,3-4,13-14H2,1-2H3/q+1. The molecule has 0 N–H and O–H groups in total. The van der Waals surface area contributed by atoms with E-state index in [2.05, 4.69) is 10.1 Å². The summed E-state index contributed by atoms with van der Waals surface area (Å²) in [4.78, 5) is 31.7. The number of hydrogen-bond donors (Lipinski definition) is 0. The van der Waals surface area contributed by atoms with Gasteiger partial charge < -0.3 is 4.52 Å². The average Bonchev–Trinajstić information content (AvgIpc) is 3.20. The van der Waals surface area contributed by atoms with E-state index in [1.54, 1.807) is 10.7 Å². The third-order valence-electron chi connectivity index (χ3n) is 5.19. The molecule has 0 radical (unpaired) electrons. The summed E-state index contributed by atoms with van der Waals surface area (Å²) >= 11 is 0. The molecule has 7 nitrogen and oxygen atoms in total. The summed E-state index contributed by atoms with van der Waals surface area (Å²) in [5, 5.41) is 4.08. The largest absolute Gasteiger partial charge is 0.501 e. The second-order valence-electron chi connectivity index (χ2n) is 7.19. The maximum atomic E-state index is 13.1. The normalized spacial score (nSPS) is 18.6. The van der Waals surface area contributed by atoms with Gasteiger partial charge in [-0.25, -0.2) is 4.79 Å². The fraction of sp³-hybridized carbons (Fsp3) is 0.318. The number of carbonyl (C=O) groups is 2. The van der Waals surface area contributed by atoms with Crippen LogP contribution in [0.1, 0.15) is 31.2 Å². The quantitative estimate of drug-likeness (QED) is 0.704. The number of benzene rings is 1. The van der Waals surface area contributed by atoms with E-state index in [-0.39, 0.29) is 18.5 Å². The molecule has 0 fully saturated rings. The predicted octanol–water partition coefficient (Wildman–Crippen LogP) is 3.50. The molecule has 2 aliphatic rings. The third-order valence-corrected chi connectivity index (χ3v) is 5.19. The molecule has 148 valence electrons. The van der Waals surface area contributed by atoms with E-state index >= 15 is 0 Å². The van der Waals surface area contributed by atoms with Crippen molar-refractivity contribution in [2.75, 3.05) is 6.54 Å². The molecule has 3 amide bonds. The van der Waals surface area contributed by atoms with Gasteiger partial charge in [-0.15, -0.1) is 0 Å². The first-order valence-corrected chi connectivity index (χ1v) is 9.83. The molecule has 0 spiro atoms. The van der Waals surface area contributed by atoms with Crippen LogP contribution in [0.3, 0.4) is 0 Å². The van der Waals surface area contributed by atoms with E-state index in [1.807, 2.05) is 56.3 Å². The fourth-order valence-corrected chi connectivity index (χ4v) is 3.59. The highest BCUT2D eigenvalue weighted by Crippen LogP contribution is 2.23. The van der Waals surface area contributed by atoms with E-state index in [1.165, 1.54) is 4.90 Å². The Hall–Kier alpha value is -3.35. The Bertz CT molecular complexity index is 1050. The van der Waals surface area contributed by atoms with Crippen molar-refractivity contribution in [1.82, 2.24) is 15.0 Å². The molecule has 29 heavy (non-hydrogen) atoms. The number of allylic oxidation sites excluding steroid dienone is 3. The zero-order chi connectivity index (χ0) is 20.4. The minimum atomic E-state index is -0.465. The van der Waals surface area contributed by atoms with Crippen LogP contribution in [0.2, 0.25) is 0 Å². The summed E-state index contributed by atoms with van der Waals surface area (Å²) in [6.07, 6.45) is 8.95. The number of aromatic nitrogens is 2. The molecule has 0 saturated carbocycles. The Labute approximate surface area is 169 Å². The second kappa shape index (κ2) is 7.95. The van der Waals surface area contributed by atoms with Crippen molar-refractivity contribution in [3.8, 4) is 11.4 Å². The zero-order valence-corrected chi connectivity index (χ0v) is 16.5.